The lowest BCUT2D eigenvalue weighted by atomic mass is 10.2. The molecule has 2 rings (SSSR count). The van der Waals surface area contributed by atoms with Crippen LogP contribution in [0.3, 0.4) is 0 Å². The van der Waals surface area contributed by atoms with E-state index in [4.69, 9.17) is 0 Å². The molecule has 1 aliphatic rings. The molecule has 0 spiro atoms. The molecule has 1 aromatic carbocycles. The van der Waals surface area contributed by atoms with Crippen molar-refractivity contribution in [1.82, 2.24) is 9.62 Å². The summed E-state index contributed by atoms with van der Waals surface area (Å²) >= 11 is 0. The first-order valence-corrected chi connectivity index (χ1v) is 8.45. The van der Waals surface area contributed by atoms with Crippen LogP contribution in [0.15, 0.2) is 29.2 Å². The second-order valence-electron chi connectivity index (χ2n) is 5.21. The van der Waals surface area contributed by atoms with Crippen molar-refractivity contribution in [1.29, 1.82) is 0 Å². The molecule has 0 bridgehead atoms. The van der Waals surface area contributed by atoms with Crippen LogP contribution >= 0.6 is 0 Å². The Hall–Kier alpha value is -0.950. The summed E-state index contributed by atoms with van der Waals surface area (Å²) in [4.78, 5) is 2.46. The normalized spacial score (nSPS) is 18.3. The van der Waals surface area contributed by atoms with Crippen LogP contribution in [0.4, 0.5) is 0 Å². The van der Waals surface area contributed by atoms with E-state index in [1.165, 1.54) is 18.9 Å². The predicted octanol–water partition coefficient (Wildman–Crippen LogP) is 0.942. The van der Waals surface area contributed by atoms with Crippen LogP contribution in [-0.2, 0) is 16.6 Å². The van der Waals surface area contributed by atoms with E-state index < -0.39 is 10.0 Å². The van der Waals surface area contributed by atoms with E-state index in [1.807, 2.05) is 6.92 Å². The topological polar surface area (TPSA) is 69.6 Å². The Morgan fingerprint density at radius 2 is 1.95 bits per heavy atom. The maximum atomic E-state index is 12.3. The Morgan fingerprint density at radius 1 is 1.30 bits per heavy atom. The molecule has 6 heteroatoms. The van der Waals surface area contributed by atoms with Gasteiger partial charge in [0.05, 0.1) is 11.5 Å². The van der Waals surface area contributed by atoms with Gasteiger partial charge in [-0.15, -0.1) is 0 Å². The van der Waals surface area contributed by atoms with Gasteiger partial charge in [-0.1, -0.05) is 18.2 Å². The minimum atomic E-state index is -3.56. The van der Waals surface area contributed by atoms with E-state index in [9.17, 15) is 13.5 Å². The third kappa shape index (κ3) is 3.58. The van der Waals surface area contributed by atoms with Crippen molar-refractivity contribution in [2.75, 3.05) is 19.6 Å². The third-order valence-electron chi connectivity index (χ3n) is 3.77. The molecule has 5 nitrogen and oxygen atoms in total. The number of nitrogens with one attached hydrogen (secondary N) is 1. The Morgan fingerprint density at radius 3 is 2.60 bits per heavy atom. The summed E-state index contributed by atoms with van der Waals surface area (Å²) in [6.45, 7) is 4.22. The highest BCUT2D eigenvalue weighted by atomic mass is 32.2. The van der Waals surface area contributed by atoms with Gasteiger partial charge in [0.25, 0.3) is 0 Å². The van der Waals surface area contributed by atoms with E-state index in [-0.39, 0.29) is 17.5 Å². The summed E-state index contributed by atoms with van der Waals surface area (Å²) in [5.41, 5.74) is 0.425. The van der Waals surface area contributed by atoms with E-state index >= 15 is 0 Å². The highest BCUT2D eigenvalue weighted by molar-refractivity contribution is 7.89. The Kier molecular flexibility index (Phi) is 5.15. The quantitative estimate of drug-likeness (QED) is 0.820. The minimum Gasteiger partial charge on any atom is -0.392 e. The lowest BCUT2D eigenvalue weighted by Gasteiger charge is -2.24. The SMILES string of the molecule is CC(CNS(=O)(=O)c1ccccc1CO)N1CCCC1. The summed E-state index contributed by atoms with van der Waals surface area (Å²) in [5, 5.41) is 9.23. The van der Waals surface area contributed by atoms with E-state index in [2.05, 4.69) is 9.62 Å². The van der Waals surface area contributed by atoms with Crippen molar-refractivity contribution in [2.45, 2.75) is 37.3 Å². The molecule has 1 aliphatic heterocycles. The molecule has 0 radical (unpaired) electrons. The highest BCUT2D eigenvalue weighted by Crippen LogP contribution is 2.16. The van der Waals surface area contributed by atoms with Gasteiger partial charge in [-0.2, -0.15) is 0 Å². The maximum Gasteiger partial charge on any atom is 0.240 e. The van der Waals surface area contributed by atoms with Crippen molar-refractivity contribution in [3.05, 3.63) is 29.8 Å². The van der Waals surface area contributed by atoms with Gasteiger partial charge < -0.3 is 5.11 Å². The van der Waals surface area contributed by atoms with Crippen LogP contribution in [0, 0.1) is 0 Å². The van der Waals surface area contributed by atoms with Crippen LogP contribution in [0.1, 0.15) is 25.3 Å². The van der Waals surface area contributed by atoms with E-state index in [0.29, 0.717) is 12.1 Å². The van der Waals surface area contributed by atoms with Crippen molar-refractivity contribution in [3.8, 4) is 0 Å². The maximum absolute atomic E-state index is 12.3. The fourth-order valence-corrected chi connectivity index (χ4v) is 3.87. The molecule has 1 unspecified atom stereocenters. The molecule has 1 saturated heterocycles. The number of hydrogen-bond acceptors (Lipinski definition) is 4. The van der Waals surface area contributed by atoms with Gasteiger partial charge in [-0.05, 0) is 44.5 Å². The summed E-state index contributed by atoms with van der Waals surface area (Å²) in [6.07, 6.45) is 2.37. The number of aliphatic hydroxyl groups excluding tert-OH is 1. The van der Waals surface area contributed by atoms with Crippen LogP contribution < -0.4 is 4.72 Å². The summed E-state index contributed by atoms with van der Waals surface area (Å²) in [5.74, 6) is 0. The average molecular weight is 298 g/mol. The molecule has 1 aromatic rings. The summed E-state index contributed by atoms with van der Waals surface area (Å²) in [6, 6.07) is 6.72. The van der Waals surface area contributed by atoms with Crippen LogP contribution in [0.2, 0.25) is 0 Å². The molecule has 1 heterocycles. The molecular formula is C14H22N2O3S. The number of rotatable bonds is 6. The Balaban J connectivity index is 2.03. The second-order valence-corrected chi connectivity index (χ2v) is 6.95. The van der Waals surface area contributed by atoms with Crippen LogP contribution in [-0.4, -0.2) is 44.1 Å². The van der Waals surface area contributed by atoms with Crippen molar-refractivity contribution in [2.24, 2.45) is 0 Å². The first-order chi connectivity index (χ1) is 9.54. The smallest absolute Gasteiger partial charge is 0.240 e. The van der Waals surface area contributed by atoms with Gasteiger partial charge in [0.1, 0.15) is 0 Å². The minimum absolute atomic E-state index is 0.163. The first kappa shape index (κ1) is 15.4. The third-order valence-corrected chi connectivity index (χ3v) is 5.29. The summed E-state index contributed by atoms with van der Waals surface area (Å²) in [7, 11) is -3.56. The Bertz CT molecular complexity index is 539. The number of hydrogen-bond donors (Lipinski definition) is 2. The van der Waals surface area contributed by atoms with Gasteiger partial charge in [-0.3, -0.25) is 4.90 Å². The average Bonchev–Trinajstić information content (AvgIpc) is 2.99. The number of benzene rings is 1. The molecular weight excluding hydrogens is 276 g/mol. The molecule has 1 atom stereocenters. The summed E-state index contributed by atoms with van der Waals surface area (Å²) < 4.78 is 27.2. The lowest BCUT2D eigenvalue weighted by molar-refractivity contribution is 0.259. The van der Waals surface area contributed by atoms with Crippen LogP contribution in [0.5, 0.6) is 0 Å². The molecule has 20 heavy (non-hydrogen) atoms. The zero-order valence-corrected chi connectivity index (χ0v) is 12.6. The van der Waals surface area contributed by atoms with Gasteiger partial charge >= 0.3 is 0 Å². The van der Waals surface area contributed by atoms with Gasteiger partial charge in [0, 0.05) is 12.6 Å². The van der Waals surface area contributed by atoms with Crippen LogP contribution in [0.25, 0.3) is 0 Å². The lowest BCUT2D eigenvalue weighted by Crippen LogP contribution is -2.40. The standard InChI is InChI=1S/C14H22N2O3S/c1-12(16-8-4-5-9-16)10-15-20(18,19)14-7-3-2-6-13(14)11-17/h2-3,6-7,12,15,17H,4-5,8-11H2,1H3. The van der Waals surface area contributed by atoms with Gasteiger partial charge in [-0.25, -0.2) is 13.1 Å². The molecule has 0 saturated carbocycles. The monoisotopic (exact) mass is 298 g/mol. The number of aliphatic hydroxyl groups is 1. The molecule has 112 valence electrons. The highest BCUT2D eigenvalue weighted by Gasteiger charge is 2.22. The number of nitrogens with zero attached hydrogens (tertiary/aromatic N) is 1. The zero-order valence-electron chi connectivity index (χ0n) is 11.7. The molecule has 0 aliphatic carbocycles. The Labute approximate surface area is 120 Å². The predicted molar refractivity (Wildman–Crippen MR) is 77.8 cm³/mol. The number of sulfonamides is 1. The van der Waals surface area contributed by atoms with Crippen molar-refractivity contribution in [3.63, 3.8) is 0 Å². The number of likely N-dealkylation sites (tertiary alicyclic amines) is 1. The van der Waals surface area contributed by atoms with Crippen molar-refractivity contribution >= 4 is 10.0 Å². The molecule has 0 amide bonds. The van der Waals surface area contributed by atoms with Gasteiger partial charge in [0.2, 0.25) is 10.0 Å². The fraction of sp³-hybridized carbons (Fsp3) is 0.571. The molecule has 0 aromatic heterocycles. The molecule has 1 fully saturated rings. The van der Waals surface area contributed by atoms with Gasteiger partial charge in [0.15, 0.2) is 0 Å². The van der Waals surface area contributed by atoms with E-state index in [0.717, 1.165) is 13.1 Å². The second kappa shape index (κ2) is 6.67. The first-order valence-electron chi connectivity index (χ1n) is 6.97. The largest absolute Gasteiger partial charge is 0.392 e. The molecule has 2 N–H and O–H groups in total. The zero-order chi connectivity index (χ0) is 14.6. The van der Waals surface area contributed by atoms with Crippen molar-refractivity contribution < 1.29 is 13.5 Å². The van der Waals surface area contributed by atoms with E-state index in [1.54, 1.807) is 18.2 Å². The fourth-order valence-electron chi connectivity index (χ4n) is 2.52.